The number of halogens is 1. The zero-order chi connectivity index (χ0) is 15.6. The van der Waals surface area contributed by atoms with E-state index in [-0.39, 0.29) is 11.6 Å². The Morgan fingerprint density at radius 1 is 1.55 bits per heavy atom. The molecule has 118 valence electrons. The van der Waals surface area contributed by atoms with Crippen molar-refractivity contribution < 1.29 is 9.53 Å². The van der Waals surface area contributed by atoms with Crippen molar-refractivity contribution in [1.29, 1.82) is 0 Å². The highest BCUT2D eigenvalue weighted by Crippen LogP contribution is 2.37. The molecule has 2 aromatic heterocycles. The van der Waals surface area contributed by atoms with Gasteiger partial charge in [-0.25, -0.2) is 9.78 Å². The number of nitrogens with zero attached hydrogens (tertiary/aromatic N) is 2. The molecule has 2 heterocycles. The fourth-order valence-electron chi connectivity index (χ4n) is 2.76. The molecule has 0 bridgehead atoms. The van der Waals surface area contributed by atoms with Gasteiger partial charge < -0.3 is 10.1 Å². The lowest BCUT2D eigenvalue weighted by Gasteiger charge is -2.40. The van der Waals surface area contributed by atoms with Crippen LogP contribution in [0.1, 0.15) is 25.7 Å². The van der Waals surface area contributed by atoms with E-state index in [4.69, 9.17) is 4.74 Å². The topological polar surface area (TPSA) is 67.7 Å². The Morgan fingerprint density at radius 2 is 2.36 bits per heavy atom. The van der Waals surface area contributed by atoms with E-state index in [1.807, 2.05) is 22.7 Å². The highest BCUT2D eigenvalue weighted by atomic mass is 79.9. The van der Waals surface area contributed by atoms with Gasteiger partial charge in [0.2, 0.25) is 0 Å². The van der Waals surface area contributed by atoms with Crippen molar-refractivity contribution in [2.24, 2.45) is 0 Å². The quantitative estimate of drug-likeness (QED) is 0.853. The van der Waals surface area contributed by atoms with Crippen LogP contribution in [0, 0.1) is 0 Å². The molecule has 0 atom stereocenters. The average Bonchev–Trinajstić information content (AvgIpc) is 2.86. The molecule has 1 aliphatic carbocycles. The minimum atomic E-state index is -0.229. The number of urea groups is 1. The van der Waals surface area contributed by atoms with Gasteiger partial charge in [0.15, 0.2) is 5.65 Å². The Labute approximate surface area is 137 Å². The van der Waals surface area contributed by atoms with Crippen molar-refractivity contribution in [3.8, 4) is 0 Å². The van der Waals surface area contributed by atoms with Gasteiger partial charge in [-0.05, 0) is 53.7 Å². The number of ether oxygens (including phenoxy) is 1. The van der Waals surface area contributed by atoms with Crippen molar-refractivity contribution in [3.05, 3.63) is 29.0 Å². The van der Waals surface area contributed by atoms with Crippen molar-refractivity contribution in [2.75, 3.05) is 19.0 Å². The lowest BCUT2D eigenvalue weighted by Crippen LogP contribution is -2.43. The first-order valence-electron chi connectivity index (χ1n) is 7.35. The van der Waals surface area contributed by atoms with E-state index in [9.17, 15) is 4.79 Å². The number of hydrogen-bond acceptors (Lipinski definition) is 3. The third-order valence-corrected chi connectivity index (χ3v) is 4.91. The first-order valence-corrected chi connectivity index (χ1v) is 8.14. The second kappa shape index (κ2) is 6.26. The van der Waals surface area contributed by atoms with Crippen LogP contribution in [0.4, 0.5) is 10.6 Å². The third-order valence-electron chi connectivity index (χ3n) is 4.29. The summed E-state index contributed by atoms with van der Waals surface area (Å²) in [6.45, 7) is 0.597. The normalized spacial score (nSPS) is 16.3. The summed E-state index contributed by atoms with van der Waals surface area (Å²) in [7, 11) is 1.75. The maximum absolute atomic E-state index is 12.0. The summed E-state index contributed by atoms with van der Waals surface area (Å²) in [5.41, 5.74) is 0.743. The number of rotatable bonds is 5. The van der Waals surface area contributed by atoms with E-state index in [0.29, 0.717) is 12.4 Å². The summed E-state index contributed by atoms with van der Waals surface area (Å²) in [6, 6.07) is 3.57. The van der Waals surface area contributed by atoms with Crippen molar-refractivity contribution >= 4 is 33.4 Å². The molecule has 1 aliphatic rings. The van der Waals surface area contributed by atoms with Gasteiger partial charge in [-0.15, -0.1) is 0 Å². The fraction of sp³-hybridized carbons (Fsp3) is 0.467. The predicted molar refractivity (Wildman–Crippen MR) is 88.1 cm³/mol. The standard InChI is InChI=1S/C15H19BrN4O2/c1-22-15(5-3-6-15)7-8-17-14(21)19-12-10-18-13-11(16)4-2-9-20(12)13/h2,4,9-10H,3,5-8H2,1H3,(H2,17,19,21). The summed E-state index contributed by atoms with van der Waals surface area (Å²) in [4.78, 5) is 16.3. The van der Waals surface area contributed by atoms with Crippen LogP contribution in [0.5, 0.6) is 0 Å². The zero-order valence-electron chi connectivity index (χ0n) is 12.4. The Bertz CT molecular complexity index is 676. The Morgan fingerprint density at radius 3 is 3.05 bits per heavy atom. The van der Waals surface area contributed by atoms with Crippen molar-refractivity contribution in [2.45, 2.75) is 31.3 Å². The van der Waals surface area contributed by atoms with Gasteiger partial charge in [-0.2, -0.15) is 0 Å². The SMILES string of the molecule is COC1(CCNC(=O)Nc2cnc3c(Br)cccn23)CCC1. The fourth-order valence-corrected chi connectivity index (χ4v) is 3.21. The van der Waals surface area contributed by atoms with Gasteiger partial charge >= 0.3 is 6.03 Å². The monoisotopic (exact) mass is 366 g/mol. The summed E-state index contributed by atoms with van der Waals surface area (Å²) in [5, 5.41) is 5.70. The molecule has 0 spiro atoms. The lowest BCUT2D eigenvalue weighted by atomic mass is 9.77. The van der Waals surface area contributed by atoms with Crippen LogP contribution in [0.15, 0.2) is 29.0 Å². The van der Waals surface area contributed by atoms with Crippen molar-refractivity contribution in [1.82, 2.24) is 14.7 Å². The van der Waals surface area contributed by atoms with E-state index >= 15 is 0 Å². The van der Waals surface area contributed by atoms with Gasteiger partial charge in [0.1, 0.15) is 5.82 Å². The van der Waals surface area contributed by atoms with E-state index < -0.39 is 0 Å². The molecule has 2 aromatic rings. The molecule has 2 amide bonds. The number of amides is 2. The number of nitrogens with one attached hydrogen (secondary N) is 2. The minimum absolute atomic E-state index is 0.0263. The highest BCUT2D eigenvalue weighted by Gasteiger charge is 2.36. The van der Waals surface area contributed by atoms with Gasteiger partial charge in [0.05, 0.1) is 16.3 Å². The first-order chi connectivity index (χ1) is 10.6. The lowest BCUT2D eigenvalue weighted by molar-refractivity contribution is -0.0762. The van der Waals surface area contributed by atoms with E-state index in [0.717, 1.165) is 29.4 Å². The number of methoxy groups -OCH3 is 1. The molecule has 0 aromatic carbocycles. The summed E-state index contributed by atoms with van der Waals surface area (Å²) in [5.74, 6) is 0.638. The average molecular weight is 367 g/mol. The van der Waals surface area contributed by atoms with Crippen LogP contribution in [-0.4, -0.2) is 34.7 Å². The second-order valence-electron chi connectivity index (χ2n) is 5.56. The summed E-state index contributed by atoms with van der Waals surface area (Å²) in [6.07, 6.45) is 7.70. The number of fused-ring (bicyclic) bond motifs is 1. The highest BCUT2D eigenvalue weighted by molar-refractivity contribution is 9.10. The summed E-state index contributed by atoms with van der Waals surface area (Å²) >= 11 is 3.44. The third kappa shape index (κ3) is 2.96. The molecule has 0 saturated heterocycles. The maximum Gasteiger partial charge on any atom is 0.320 e. The molecule has 3 rings (SSSR count). The maximum atomic E-state index is 12.0. The van der Waals surface area contributed by atoms with Crippen LogP contribution in [0.25, 0.3) is 5.65 Å². The van der Waals surface area contributed by atoms with Gasteiger partial charge in [-0.1, -0.05) is 0 Å². The molecule has 1 saturated carbocycles. The molecule has 1 fully saturated rings. The zero-order valence-corrected chi connectivity index (χ0v) is 14.0. The summed E-state index contributed by atoms with van der Waals surface area (Å²) < 4.78 is 8.25. The minimum Gasteiger partial charge on any atom is -0.378 e. The number of carbonyl (C=O) groups excluding carboxylic acids is 1. The van der Waals surface area contributed by atoms with Gasteiger partial charge in [0, 0.05) is 19.9 Å². The smallest absolute Gasteiger partial charge is 0.320 e. The van der Waals surface area contributed by atoms with Crippen LogP contribution in [-0.2, 0) is 4.74 Å². The second-order valence-corrected chi connectivity index (χ2v) is 6.42. The van der Waals surface area contributed by atoms with Gasteiger partial charge in [0.25, 0.3) is 0 Å². The van der Waals surface area contributed by atoms with E-state index in [1.165, 1.54) is 6.42 Å². The number of hydrogen-bond donors (Lipinski definition) is 2. The van der Waals surface area contributed by atoms with Crippen molar-refractivity contribution in [3.63, 3.8) is 0 Å². The molecule has 0 unspecified atom stereocenters. The molecular formula is C15H19BrN4O2. The van der Waals surface area contributed by atoms with Crippen LogP contribution in [0.3, 0.4) is 0 Å². The Balaban J connectivity index is 1.56. The van der Waals surface area contributed by atoms with Gasteiger partial charge in [-0.3, -0.25) is 9.72 Å². The largest absolute Gasteiger partial charge is 0.378 e. The molecule has 6 nitrogen and oxygen atoms in total. The number of anilines is 1. The molecule has 2 N–H and O–H groups in total. The predicted octanol–water partition coefficient (Wildman–Crippen LogP) is 3.18. The first kappa shape index (κ1) is 15.3. The number of imidazole rings is 1. The molecule has 22 heavy (non-hydrogen) atoms. The number of pyridine rings is 1. The van der Waals surface area contributed by atoms with E-state index in [2.05, 4.69) is 31.5 Å². The van der Waals surface area contributed by atoms with Crippen LogP contribution < -0.4 is 10.6 Å². The number of aromatic nitrogens is 2. The molecule has 7 heteroatoms. The molecule has 0 radical (unpaired) electrons. The van der Waals surface area contributed by atoms with E-state index in [1.54, 1.807) is 13.3 Å². The molecular weight excluding hydrogens is 348 g/mol. The number of carbonyl (C=O) groups is 1. The van der Waals surface area contributed by atoms with Crippen LogP contribution in [0.2, 0.25) is 0 Å². The Kier molecular flexibility index (Phi) is 4.35. The Hall–Kier alpha value is -1.60. The van der Waals surface area contributed by atoms with Crippen LogP contribution >= 0.6 is 15.9 Å². The molecule has 0 aliphatic heterocycles.